The van der Waals surface area contributed by atoms with Crippen molar-refractivity contribution in [2.24, 2.45) is 0 Å². The van der Waals surface area contributed by atoms with Gasteiger partial charge in [-0.2, -0.15) is 0 Å². The van der Waals surface area contributed by atoms with Gasteiger partial charge >= 0.3 is 0 Å². The minimum absolute atomic E-state index is 0.141. The summed E-state index contributed by atoms with van der Waals surface area (Å²) in [5.41, 5.74) is 1.13. The molecular weight excluding hydrogens is 417 g/mol. The molecule has 1 unspecified atom stereocenters. The van der Waals surface area contributed by atoms with E-state index in [1.54, 1.807) is 18.2 Å². The van der Waals surface area contributed by atoms with Crippen LogP contribution >= 0.6 is 43.5 Å². The molecule has 0 saturated heterocycles. The first-order chi connectivity index (χ1) is 9.96. The van der Waals surface area contributed by atoms with Crippen LogP contribution in [0.15, 0.2) is 53.0 Å². The molecule has 1 N–H and O–H groups in total. The van der Waals surface area contributed by atoms with Gasteiger partial charge in [0.1, 0.15) is 0 Å². The van der Waals surface area contributed by atoms with Gasteiger partial charge in [0.25, 0.3) is 5.91 Å². The molecule has 0 aliphatic rings. The molecule has 0 aliphatic carbocycles. The minimum atomic E-state index is -0.482. The Balaban J connectivity index is 2.26. The van der Waals surface area contributed by atoms with E-state index in [0.717, 1.165) is 5.56 Å². The van der Waals surface area contributed by atoms with E-state index >= 15 is 0 Å². The molecule has 1 amide bonds. The van der Waals surface area contributed by atoms with Crippen molar-refractivity contribution in [1.29, 1.82) is 0 Å². The largest absolute Gasteiger partial charge is 0.342 e. The second-order valence-electron chi connectivity index (χ2n) is 4.91. The molecule has 2 aromatic carbocycles. The fourth-order valence-corrected chi connectivity index (χ4v) is 2.91. The highest BCUT2D eigenvalue weighted by atomic mass is 79.9. The molecule has 0 radical (unpaired) electrons. The highest BCUT2D eigenvalue weighted by Crippen LogP contribution is 2.26. The first-order valence-electron chi connectivity index (χ1n) is 6.35. The van der Waals surface area contributed by atoms with Crippen molar-refractivity contribution >= 4 is 49.4 Å². The van der Waals surface area contributed by atoms with E-state index in [4.69, 9.17) is 11.6 Å². The smallest absolute Gasteiger partial charge is 0.252 e. The maximum Gasteiger partial charge on any atom is 0.252 e. The zero-order valence-electron chi connectivity index (χ0n) is 11.4. The summed E-state index contributed by atoms with van der Waals surface area (Å²) in [7, 11) is 0. The van der Waals surface area contributed by atoms with Gasteiger partial charge in [0, 0.05) is 15.4 Å². The number of alkyl halides is 1. The van der Waals surface area contributed by atoms with Gasteiger partial charge in [0.2, 0.25) is 0 Å². The van der Waals surface area contributed by atoms with E-state index in [2.05, 4.69) is 37.2 Å². The van der Waals surface area contributed by atoms with Crippen LogP contribution in [0.25, 0.3) is 0 Å². The molecule has 2 nitrogen and oxygen atoms in total. The first kappa shape index (κ1) is 16.5. The summed E-state index contributed by atoms with van der Waals surface area (Å²) in [5, 5.41) is 4.27. The molecule has 5 heteroatoms. The average Bonchev–Trinajstić information content (AvgIpc) is 2.50. The maximum absolute atomic E-state index is 12.5. The topological polar surface area (TPSA) is 29.1 Å². The molecule has 0 heterocycles. The SMILES string of the molecule is CC(CBr)(NC(=O)c1ccc(Cl)c(Br)c1)c1ccccc1. The highest BCUT2D eigenvalue weighted by molar-refractivity contribution is 9.10. The molecule has 0 aliphatic heterocycles. The minimum Gasteiger partial charge on any atom is -0.342 e. The van der Waals surface area contributed by atoms with Crippen LogP contribution in [0.1, 0.15) is 22.8 Å². The lowest BCUT2D eigenvalue weighted by atomic mass is 9.94. The first-order valence-corrected chi connectivity index (χ1v) is 8.64. The van der Waals surface area contributed by atoms with Crippen LogP contribution in [0.2, 0.25) is 5.02 Å². The number of halogens is 3. The van der Waals surface area contributed by atoms with Gasteiger partial charge in [-0.3, -0.25) is 4.79 Å². The normalized spacial score (nSPS) is 13.5. The van der Waals surface area contributed by atoms with Crippen molar-refractivity contribution in [3.05, 3.63) is 69.2 Å². The molecule has 0 aromatic heterocycles. The number of amides is 1. The van der Waals surface area contributed by atoms with Crippen molar-refractivity contribution in [3.63, 3.8) is 0 Å². The number of nitrogens with one attached hydrogen (secondary N) is 1. The number of benzene rings is 2. The lowest BCUT2D eigenvalue weighted by Crippen LogP contribution is -2.44. The van der Waals surface area contributed by atoms with Gasteiger partial charge in [-0.1, -0.05) is 57.9 Å². The van der Waals surface area contributed by atoms with Gasteiger partial charge < -0.3 is 5.32 Å². The molecule has 0 spiro atoms. The third-order valence-electron chi connectivity index (χ3n) is 3.25. The molecule has 0 fully saturated rings. The van der Waals surface area contributed by atoms with Gasteiger partial charge in [0.05, 0.1) is 10.6 Å². The third-order valence-corrected chi connectivity index (χ3v) is 5.58. The van der Waals surface area contributed by atoms with Crippen LogP contribution in [-0.4, -0.2) is 11.2 Å². The molecule has 1 atom stereocenters. The monoisotopic (exact) mass is 429 g/mol. The summed E-state index contributed by atoms with van der Waals surface area (Å²) < 4.78 is 0.706. The van der Waals surface area contributed by atoms with E-state index in [9.17, 15) is 4.79 Å². The van der Waals surface area contributed by atoms with Gasteiger partial charge in [-0.25, -0.2) is 0 Å². The number of hydrogen-bond acceptors (Lipinski definition) is 1. The second kappa shape index (κ2) is 6.95. The van der Waals surface area contributed by atoms with Gasteiger partial charge in [-0.05, 0) is 46.6 Å². The highest BCUT2D eigenvalue weighted by Gasteiger charge is 2.27. The van der Waals surface area contributed by atoms with E-state index in [1.165, 1.54) is 0 Å². The Morgan fingerprint density at radius 2 is 1.90 bits per heavy atom. The van der Waals surface area contributed by atoms with Crippen molar-refractivity contribution in [3.8, 4) is 0 Å². The van der Waals surface area contributed by atoms with E-state index in [-0.39, 0.29) is 5.91 Å². The van der Waals surface area contributed by atoms with Crippen LogP contribution in [0, 0.1) is 0 Å². The van der Waals surface area contributed by atoms with Crippen LogP contribution in [0.3, 0.4) is 0 Å². The van der Waals surface area contributed by atoms with Gasteiger partial charge in [-0.15, -0.1) is 0 Å². The fourth-order valence-electron chi connectivity index (χ4n) is 1.95. The Morgan fingerprint density at radius 1 is 1.24 bits per heavy atom. The summed E-state index contributed by atoms with van der Waals surface area (Å²) in [5.74, 6) is -0.141. The number of carbonyl (C=O) groups is 1. The molecule has 2 aromatic rings. The number of rotatable bonds is 4. The Hall–Kier alpha value is -0.840. The van der Waals surface area contributed by atoms with Crippen molar-refractivity contribution in [2.75, 3.05) is 5.33 Å². The van der Waals surface area contributed by atoms with Crippen LogP contribution in [0.4, 0.5) is 0 Å². The van der Waals surface area contributed by atoms with Gasteiger partial charge in [0.15, 0.2) is 0 Å². The lowest BCUT2D eigenvalue weighted by molar-refractivity contribution is 0.0914. The number of carbonyl (C=O) groups excluding carboxylic acids is 1. The summed E-state index contributed by atoms with van der Waals surface area (Å²) >= 11 is 12.8. The maximum atomic E-state index is 12.5. The molecular formula is C16H14Br2ClNO. The van der Waals surface area contributed by atoms with Crippen LogP contribution in [0.5, 0.6) is 0 Å². The summed E-state index contributed by atoms with van der Waals surface area (Å²) in [4.78, 5) is 12.5. The molecule has 21 heavy (non-hydrogen) atoms. The molecule has 110 valence electrons. The lowest BCUT2D eigenvalue weighted by Gasteiger charge is -2.29. The Bertz CT molecular complexity index is 648. The Kier molecular flexibility index (Phi) is 5.47. The predicted molar refractivity (Wildman–Crippen MR) is 94.2 cm³/mol. The standard InChI is InChI=1S/C16H14Br2ClNO/c1-16(10-17,12-5-3-2-4-6-12)20-15(21)11-7-8-14(19)13(18)9-11/h2-9H,10H2,1H3,(H,20,21). The Labute approximate surface area is 146 Å². The zero-order valence-corrected chi connectivity index (χ0v) is 15.3. The summed E-state index contributed by atoms with van der Waals surface area (Å²) in [6, 6.07) is 15.0. The van der Waals surface area contributed by atoms with E-state index < -0.39 is 5.54 Å². The molecule has 2 rings (SSSR count). The summed E-state index contributed by atoms with van der Waals surface area (Å²) in [6.07, 6.45) is 0. The summed E-state index contributed by atoms with van der Waals surface area (Å²) in [6.45, 7) is 1.99. The molecule has 0 bridgehead atoms. The van der Waals surface area contributed by atoms with E-state index in [0.29, 0.717) is 20.4 Å². The average molecular weight is 432 g/mol. The zero-order chi connectivity index (χ0) is 15.5. The third kappa shape index (κ3) is 3.87. The van der Waals surface area contributed by atoms with E-state index in [1.807, 2.05) is 37.3 Å². The quantitative estimate of drug-likeness (QED) is 0.667. The number of hydrogen-bond donors (Lipinski definition) is 1. The second-order valence-corrected chi connectivity index (χ2v) is 6.74. The van der Waals surface area contributed by atoms with Crippen molar-refractivity contribution in [2.45, 2.75) is 12.5 Å². The predicted octanol–water partition coefficient (Wildman–Crippen LogP) is 5.14. The fraction of sp³-hybridized carbons (Fsp3) is 0.188. The van der Waals surface area contributed by atoms with Crippen molar-refractivity contribution in [1.82, 2.24) is 5.32 Å². The van der Waals surface area contributed by atoms with Crippen LogP contribution < -0.4 is 5.32 Å². The van der Waals surface area contributed by atoms with Crippen molar-refractivity contribution < 1.29 is 4.79 Å². The Morgan fingerprint density at radius 3 is 2.48 bits per heavy atom. The molecule has 0 saturated carbocycles. The van der Waals surface area contributed by atoms with Crippen LogP contribution in [-0.2, 0) is 5.54 Å².